The van der Waals surface area contributed by atoms with Crippen molar-refractivity contribution in [1.29, 1.82) is 0 Å². The number of cyclic esters (lactones) is 1. The number of carbonyl (C=O) groups is 1. The van der Waals surface area contributed by atoms with E-state index in [9.17, 15) is 4.79 Å². The lowest BCUT2D eigenvalue weighted by atomic mass is 10.2. The molecule has 0 bridgehead atoms. The molecule has 98 valence electrons. The average molecular weight is 276 g/mol. The molecule has 1 aromatic carbocycles. The number of carbonyl (C=O) groups excluding carboxylic acids is 1. The third kappa shape index (κ3) is 2.96. The molecule has 0 saturated carbocycles. The summed E-state index contributed by atoms with van der Waals surface area (Å²) in [5, 5.41) is 8.15. The van der Waals surface area contributed by atoms with Crippen LogP contribution in [0.4, 0.5) is 0 Å². The first-order chi connectivity index (χ1) is 9.31. The van der Waals surface area contributed by atoms with E-state index in [1.54, 1.807) is 0 Å². The van der Waals surface area contributed by atoms with Crippen LogP contribution in [-0.4, -0.2) is 28.0 Å². The fourth-order valence-corrected chi connectivity index (χ4v) is 2.69. The van der Waals surface area contributed by atoms with Gasteiger partial charge >= 0.3 is 5.97 Å². The van der Waals surface area contributed by atoms with Crippen LogP contribution in [0.15, 0.2) is 40.0 Å². The number of hydrogen-bond donors (Lipinski definition) is 0. The van der Waals surface area contributed by atoms with Gasteiger partial charge in [-0.2, -0.15) is 0 Å². The SMILES string of the molecule is O=C1OCCC1Sc1nnc(Cc2ccccc2)o1. The third-order valence-electron chi connectivity index (χ3n) is 2.78. The Morgan fingerprint density at radius 3 is 2.84 bits per heavy atom. The van der Waals surface area contributed by atoms with Crippen LogP contribution in [0.1, 0.15) is 17.9 Å². The van der Waals surface area contributed by atoms with Gasteiger partial charge < -0.3 is 9.15 Å². The van der Waals surface area contributed by atoms with Crippen molar-refractivity contribution < 1.29 is 13.9 Å². The van der Waals surface area contributed by atoms with Crippen molar-refractivity contribution >= 4 is 17.7 Å². The van der Waals surface area contributed by atoms with Gasteiger partial charge in [-0.05, 0) is 17.3 Å². The smallest absolute Gasteiger partial charge is 0.319 e. The second-order valence-electron chi connectivity index (χ2n) is 4.19. The number of rotatable bonds is 4. The summed E-state index contributed by atoms with van der Waals surface area (Å²) in [6.07, 6.45) is 1.30. The quantitative estimate of drug-likeness (QED) is 0.796. The minimum atomic E-state index is -0.218. The van der Waals surface area contributed by atoms with Gasteiger partial charge in [0, 0.05) is 6.42 Å². The molecule has 1 unspecified atom stereocenters. The van der Waals surface area contributed by atoms with Crippen LogP contribution in [0.2, 0.25) is 0 Å². The van der Waals surface area contributed by atoms with Crippen LogP contribution >= 0.6 is 11.8 Å². The molecule has 2 aromatic rings. The van der Waals surface area contributed by atoms with E-state index in [1.807, 2.05) is 30.3 Å². The molecule has 0 aliphatic carbocycles. The fourth-order valence-electron chi connectivity index (χ4n) is 1.83. The summed E-state index contributed by atoms with van der Waals surface area (Å²) >= 11 is 1.28. The van der Waals surface area contributed by atoms with Gasteiger partial charge in [0.1, 0.15) is 5.25 Å². The zero-order valence-corrected chi connectivity index (χ0v) is 10.9. The van der Waals surface area contributed by atoms with E-state index >= 15 is 0 Å². The summed E-state index contributed by atoms with van der Waals surface area (Å²) in [6, 6.07) is 9.91. The zero-order chi connectivity index (χ0) is 13.1. The van der Waals surface area contributed by atoms with E-state index in [1.165, 1.54) is 11.8 Å². The number of hydrogen-bond acceptors (Lipinski definition) is 6. The molecule has 3 rings (SSSR count). The Hall–Kier alpha value is -1.82. The molecule has 1 aromatic heterocycles. The van der Waals surface area contributed by atoms with Gasteiger partial charge in [0.15, 0.2) is 0 Å². The maximum atomic E-state index is 11.3. The number of thioether (sulfide) groups is 1. The predicted molar refractivity (Wildman–Crippen MR) is 68.8 cm³/mol. The molecular formula is C13H12N2O3S. The monoisotopic (exact) mass is 276 g/mol. The molecule has 0 N–H and O–H groups in total. The Balaban J connectivity index is 1.65. The summed E-state index contributed by atoms with van der Waals surface area (Å²) in [7, 11) is 0. The lowest BCUT2D eigenvalue weighted by Crippen LogP contribution is -2.09. The van der Waals surface area contributed by atoms with E-state index < -0.39 is 0 Å². The van der Waals surface area contributed by atoms with Crippen LogP contribution in [0, 0.1) is 0 Å². The summed E-state index contributed by atoms with van der Waals surface area (Å²) in [4.78, 5) is 11.3. The Morgan fingerprint density at radius 1 is 1.26 bits per heavy atom. The fraction of sp³-hybridized carbons (Fsp3) is 0.308. The van der Waals surface area contributed by atoms with Crippen molar-refractivity contribution in [2.75, 3.05) is 6.61 Å². The minimum Gasteiger partial charge on any atom is -0.465 e. The standard InChI is InChI=1S/C13H12N2O3S/c16-12-10(6-7-17-12)19-13-15-14-11(18-13)8-9-4-2-1-3-5-9/h1-5,10H,6-8H2. The lowest BCUT2D eigenvalue weighted by molar-refractivity contribution is -0.137. The molecule has 2 heterocycles. The first-order valence-electron chi connectivity index (χ1n) is 6.01. The van der Waals surface area contributed by atoms with Crippen molar-refractivity contribution in [3.8, 4) is 0 Å². The largest absolute Gasteiger partial charge is 0.465 e. The Labute approximate surface area is 114 Å². The molecule has 1 aliphatic heterocycles. The molecule has 0 radical (unpaired) electrons. The van der Waals surface area contributed by atoms with Crippen molar-refractivity contribution in [2.45, 2.75) is 23.3 Å². The highest BCUT2D eigenvalue weighted by molar-refractivity contribution is 8.00. The molecule has 1 saturated heterocycles. The summed E-state index contributed by atoms with van der Waals surface area (Å²) in [5.74, 6) is 0.355. The summed E-state index contributed by atoms with van der Waals surface area (Å²) < 4.78 is 10.4. The molecule has 0 amide bonds. The van der Waals surface area contributed by atoms with E-state index in [4.69, 9.17) is 9.15 Å². The Bertz CT molecular complexity index is 570. The third-order valence-corrected chi connectivity index (χ3v) is 3.86. The highest BCUT2D eigenvalue weighted by Crippen LogP contribution is 2.28. The van der Waals surface area contributed by atoms with Crippen molar-refractivity contribution in [1.82, 2.24) is 10.2 Å². The highest BCUT2D eigenvalue weighted by Gasteiger charge is 2.29. The molecule has 5 nitrogen and oxygen atoms in total. The van der Waals surface area contributed by atoms with Crippen LogP contribution < -0.4 is 0 Å². The highest BCUT2D eigenvalue weighted by atomic mass is 32.2. The molecule has 6 heteroatoms. The summed E-state index contributed by atoms with van der Waals surface area (Å²) in [6.45, 7) is 0.474. The van der Waals surface area contributed by atoms with Crippen LogP contribution in [-0.2, 0) is 16.0 Å². The topological polar surface area (TPSA) is 65.2 Å². The van der Waals surface area contributed by atoms with Gasteiger partial charge in [0.2, 0.25) is 5.89 Å². The van der Waals surface area contributed by atoms with E-state index in [0.717, 1.165) is 5.56 Å². The maximum absolute atomic E-state index is 11.3. The van der Waals surface area contributed by atoms with E-state index in [0.29, 0.717) is 30.6 Å². The van der Waals surface area contributed by atoms with Crippen LogP contribution in [0.3, 0.4) is 0 Å². The van der Waals surface area contributed by atoms with Crippen molar-refractivity contribution in [2.24, 2.45) is 0 Å². The predicted octanol–water partition coefficient (Wildman–Crippen LogP) is 2.07. The second-order valence-corrected chi connectivity index (χ2v) is 5.34. The number of esters is 1. The molecule has 1 aliphatic rings. The van der Waals surface area contributed by atoms with Gasteiger partial charge in [-0.25, -0.2) is 0 Å². The first kappa shape index (κ1) is 12.2. The summed E-state index contributed by atoms with van der Waals surface area (Å²) in [5.41, 5.74) is 1.11. The van der Waals surface area contributed by atoms with Gasteiger partial charge in [0.05, 0.1) is 13.0 Å². The van der Waals surface area contributed by atoms with Crippen LogP contribution in [0.25, 0.3) is 0 Å². The molecule has 19 heavy (non-hydrogen) atoms. The minimum absolute atomic E-state index is 0.201. The zero-order valence-electron chi connectivity index (χ0n) is 10.1. The Morgan fingerprint density at radius 2 is 2.11 bits per heavy atom. The maximum Gasteiger partial charge on any atom is 0.319 e. The number of benzene rings is 1. The molecule has 1 atom stereocenters. The second kappa shape index (κ2) is 5.44. The first-order valence-corrected chi connectivity index (χ1v) is 6.89. The molecule has 0 spiro atoms. The van der Waals surface area contributed by atoms with Gasteiger partial charge in [0.25, 0.3) is 5.22 Å². The van der Waals surface area contributed by atoms with Crippen molar-refractivity contribution in [3.63, 3.8) is 0 Å². The number of aromatic nitrogens is 2. The van der Waals surface area contributed by atoms with E-state index in [2.05, 4.69) is 10.2 Å². The number of nitrogens with zero attached hydrogens (tertiary/aromatic N) is 2. The van der Waals surface area contributed by atoms with E-state index in [-0.39, 0.29) is 11.2 Å². The lowest BCUT2D eigenvalue weighted by Gasteiger charge is -1.99. The van der Waals surface area contributed by atoms with Gasteiger partial charge in [-0.1, -0.05) is 30.3 Å². The normalized spacial score (nSPS) is 18.5. The van der Waals surface area contributed by atoms with Crippen molar-refractivity contribution in [3.05, 3.63) is 41.8 Å². The Kier molecular flexibility index (Phi) is 3.50. The van der Waals surface area contributed by atoms with Crippen LogP contribution in [0.5, 0.6) is 0 Å². The molecule has 1 fully saturated rings. The van der Waals surface area contributed by atoms with Gasteiger partial charge in [-0.15, -0.1) is 10.2 Å². The molecular weight excluding hydrogens is 264 g/mol. The van der Waals surface area contributed by atoms with Gasteiger partial charge in [-0.3, -0.25) is 4.79 Å². The number of ether oxygens (including phenoxy) is 1. The average Bonchev–Trinajstić information content (AvgIpc) is 3.02.